The SMILES string of the molecule is CCC(Oc1cc(C)ccc1C)C(=O)Nc1ccc(S(=O)(=O)Nc2cc(C)ccc2C)cc1. The molecule has 174 valence electrons. The summed E-state index contributed by atoms with van der Waals surface area (Å²) >= 11 is 0. The summed E-state index contributed by atoms with van der Waals surface area (Å²) in [4.78, 5) is 12.9. The molecule has 0 saturated heterocycles. The molecule has 3 rings (SSSR count). The summed E-state index contributed by atoms with van der Waals surface area (Å²) < 4.78 is 34.2. The van der Waals surface area contributed by atoms with Gasteiger partial charge in [-0.25, -0.2) is 8.42 Å². The Kier molecular flexibility index (Phi) is 7.43. The predicted octanol–water partition coefficient (Wildman–Crippen LogP) is 5.52. The maximum atomic E-state index is 12.8. The van der Waals surface area contributed by atoms with E-state index < -0.39 is 16.1 Å². The van der Waals surface area contributed by atoms with Crippen molar-refractivity contribution in [2.24, 2.45) is 0 Å². The lowest BCUT2D eigenvalue weighted by Crippen LogP contribution is -2.32. The number of hydrogen-bond acceptors (Lipinski definition) is 4. The quantitative estimate of drug-likeness (QED) is 0.458. The molecular weight excluding hydrogens is 436 g/mol. The molecule has 0 spiro atoms. The highest BCUT2D eigenvalue weighted by Gasteiger charge is 2.20. The molecule has 3 aromatic carbocycles. The molecule has 0 aliphatic carbocycles. The lowest BCUT2D eigenvalue weighted by atomic mass is 10.1. The van der Waals surface area contributed by atoms with Crippen LogP contribution in [0.25, 0.3) is 0 Å². The molecule has 0 aliphatic heterocycles. The molecular formula is C26H30N2O4S. The van der Waals surface area contributed by atoms with Gasteiger partial charge in [0.15, 0.2) is 6.10 Å². The molecule has 33 heavy (non-hydrogen) atoms. The van der Waals surface area contributed by atoms with E-state index in [4.69, 9.17) is 4.74 Å². The van der Waals surface area contributed by atoms with Crippen molar-refractivity contribution in [2.45, 2.75) is 52.0 Å². The minimum absolute atomic E-state index is 0.111. The van der Waals surface area contributed by atoms with Gasteiger partial charge in [0.2, 0.25) is 0 Å². The van der Waals surface area contributed by atoms with Crippen LogP contribution in [0.4, 0.5) is 11.4 Å². The second-order valence-corrected chi connectivity index (χ2v) is 9.90. The van der Waals surface area contributed by atoms with E-state index in [2.05, 4.69) is 10.0 Å². The van der Waals surface area contributed by atoms with Gasteiger partial charge in [0.25, 0.3) is 15.9 Å². The molecule has 0 aromatic heterocycles. The van der Waals surface area contributed by atoms with Gasteiger partial charge in [0.05, 0.1) is 10.6 Å². The standard InChI is InChI=1S/C26H30N2O4S/c1-6-24(32-25-16-18(3)8-10-20(25)5)26(29)27-21-11-13-22(14-12-21)33(30,31)28-23-15-17(2)7-9-19(23)4/h7-16,24,28H,6H2,1-5H3,(H,27,29). The molecule has 0 radical (unpaired) electrons. The lowest BCUT2D eigenvalue weighted by Gasteiger charge is -2.19. The molecule has 2 N–H and O–H groups in total. The van der Waals surface area contributed by atoms with Crippen molar-refractivity contribution in [3.8, 4) is 5.75 Å². The summed E-state index contributed by atoms with van der Waals surface area (Å²) in [5, 5.41) is 2.81. The topological polar surface area (TPSA) is 84.5 Å². The summed E-state index contributed by atoms with van der Waals surface area (Å²) in [6.45, 7) is 9.54. The van der Waals surface area contributed by atoms with E-state index in [0.29, 0.717) is 23.5 Å². The Hall–Kier alpha value is -3.32. The van der Waals surface area contributed by atoms with Crippen molar-refractivity contribution < 1.29 is 17.9 Å². The van der Waals surface area contributed by atoms with Gasteiger partial charge in [-0.15, -0.1) is 0 Å². The third kappa shape index (κ3) is 6.14. The molecule has 3 aromatic rings. The van der Waals surface area contributed by atoms with Crippen LogP contribution in [0, 0.1) is 27.7 Å². The second kappa shape index (κ2) is 10.1. The van der Waals surface area contributed by atoms with Crippen molar-refractivity contribution in [3.63, 3.8) is 0 Å². The fraction of sp³-hybridized carbons (Fsp3) is 0.269. The largest absolute Gasteiger partial charge is 0.480 e. The monoisotopic (exact) mass is 466 g/mol. The Labute approximate surface area is 196 Å². The second-order valence-electron chi connectivity index (χ2n) is 8.22. The average Bonchev–Trinajstić information content (AvgIpc) is 2.77. The first-order chi connectivity index (χ1) is 15.6. The van der Waals surface area contributed by atoms with E-state index in [9.17, 15) is 13.2 Å². The molecule has 0 bridgehead atoms. The molecule has 0 fully saturated rings. The fourth-order valence-electron chi connectivity index (χ4n) is 3.30. The molecule has 1 unspecified atom stereocenters. The number of carbonyl (C=O) groups is 1. The van der Waals surface area contributed by atoms with Gasteiger partial charge in [0.1, 0.15) is 5.75 Å². The zero-order valence-electron chi connectivity index (χ0n) is 19.6. The van der Waals surface area contributed by atoms with Crippen LogP contribution in [0.1, 0.15) is 35.6 Å². The third-order valence-corrected chi connectivity index (χ3v) is 6.73. The van der Waals surface area contributed by atoms with Gasteiger partial charge >= 0.3 is 0 Å². The Morgan fingerprint density at radius 1 is 0.879 bits per heavy atom. The minimum Gasteiger partial charge on any atom is -0.480 e. The van der Waals surface area contributed by atoms with Crippen LogP contribution >= 0.6 is 0 Å². The Balaban J connectivity index is 1.70. The van der Waals surface area contributed by atoms with E-state index in [1.165, 1.54) is 12.1 Å². The van der Waals surface area contributed by atoms with Crippen LogP contribution in [-0.2, 0) is 14.8 Å². The first kappa shape index (κ1) is 24.3. The van der Waals surface area contributed by atoms with E-state index in [0.717, 1.165) is 22.3 Å². The van der Waals surface area contributed by atoms with Gasteiger partial charge in [-0.05, 0) is 92.8 Å². The van der Waals surface area contributed by atoms with Crippen LogP contribution in [-0.4, -0.2) is 20.4 Å². The number of ether oxygens (including phenoxy) is 1. The van der Waals surface area contributed by atoms with Crippen molar-refractivity contribution in [3.05, 3.63) is 82.9 Å². The number of benzene rings is 3. The molecule has 1 atom stereocenters. The van der Waals surface area contributed by atoms with Crippen molar-refractivity contribution in [1.82, 2.24) is 0 Å². The van der Waals surface area contributed by atoms with Gasteiger partial charge in [-0.2, -0.15) is 0 Å². The van der Waals surface area contributed by atoms with Crippen molar-refractivity contribution >= 4 is 27.3 Å². The first-order valence-electron chi connectivity index (χ1n) is 10.8. The summed E-state index contributed by atoms with van der Waals surface area (Å²) in [6.07, 6.45) is -0.175. The number of anilines is 2. The minimum atomic E-state index is -3.76. The number of rotatable bonds is 8. The first-order valence-corrected chi connectivity index (χ1v) is 12.3. The molecule has 0 saturated carbocycles. The van der Waals surface area contributed by atoms with Gasteiger partial charge in [-0.1, -0.05) is 31.2 Å². The smallest absolute Gasteiger partial charge is 0.265 e. The molecule has 7 heteroatoms. The van der Waals surface area contributed by atoms with E-state index in [-0.39, 0.29) is 10.8 Å². The maximum Gasteiger partial charge on any atom is 0.265 e. The summed E-state index contributed by atoms with van der Waals surface area (Å²) in [7, 11) is -3.76. The number of sulfonamides is 1. The van der Waals surface area contributed by atoms with Crippen LogP contribution in [0.5, 0.6) is 5.75 Å². The van der Waals surface area contributed by atoms with E-state index in [1.807, 2.05) is 65.0 Å². The highest BCUT2D eigenvalue weighted by molar-refractivity contribution is 7.92. The van der Waals surface area contributed by atoms with Crippen LogP contribution in [0.3, 0.4) is 0 Å². The number of hydrogen-bond donors (Lipinski definition) is 2. The third-order valence-electron chi connectivity index (χ3n) is 5.35. The van der Waals surface area contributed by atoms with Crippen LogP contribution < -0.4 is 14.8 Å². The molecule has 0 aliphatic rings. The van der Waals surface area contributed by atoms with Crippen LogP contribution in [0.2, 0.25) is 0 Å². The number of nitrogens with one attached hydrogen (secondary N) is 2. The zero-order chi connectivity index (χ0) is 24.2. The van der Waals surface area contributed by atoms with Gasteiger partial charge in [0, 0.05) is 5.69 Å². The van der Waals surface area contributed by atoms with Crippen molar-refractivity contribution in [2.75, 3.05) is 10.0 Å². The Morgan fingerprint density at radius 3 is 2.12 bits per heavy atom. The molecule has 0 heterocycles. The van der Waals surface area contributed by atoms with E-state index in [1.54, 1.807) is 18.2 Å². The average molecular weight is 467 g/mol. The normalized spacial score (nSPS) is 12.2. The number of aryl methyl sites for hydroxylation is 4. The highest BCUT2D eigenvalue weighted by atomic mass is 32.2. The highest BCUT2D eigenvalue weighted by Crippen LogP contribution is 2.24. The fourth-order valence-corrected chi connectivity index (χ4v) is 4.42. The Morgan fingerprint density at radius 2 is 1.48 bits per heavy atom. The van der Waals surface area contributed by atoms with Gasteiger partial charge in [-0.3, -0.25) is 9.52 Å². The van der Waals surface area contributed by atoms with Crippen molar-refractivity contribution in [1.29, 1.82) is 0 Å². The molecule has 6 nitrogen and oxygen atoms in total. The number of amides is 1. The molecule has 1 amide bonds. The van der Waals surface area contributed by atoms with Gasteiger partial charge < -0.3 is 10.1 Å². The maximum absolute atomic E-state index is 12.8. The lowest BCUT2D eigenvalue weighted by molar-refractivity contribution is -0.122. The van der Waals surface area contributed by atoms with Crippen LogP contribution in [0.15, 0.2) is 65.6 Å². The zero-order valence-corrected chi connectivity index (χ0v) is 20.4. The Bertz CT molecular complexity index is 1250. The summed E-state index contributed by atoms with van der Waals surface area (Å²) in [6, 6.07) is 17.5. The predicted molar refractivity (Wildman–Crippen MR) is 132 cm³/mol. The number of carbonyl (C=O) groups excluding carboxylic acids is 1. The summed E-state index contributed by atoms with van der Waals surface area (Å²) in [5.74, 6) is 0.387. The summed E-state index contributed by atoms with van der Waals surface area (Å²) in [5.41, 5.74) is 4.85. The van der Waals surface area contributed by atoms with E-state index >= 15 is 0 Å².